The van der Waals surface area contributed by atoms with Crippen molar-refractivity contribution in [1.82, 2.24) is 9.97 Å². The third kappa shape index (κ3) is 4.44. The zero-order valence-electron chi connectivity index (χ0n) is 26.5. The quantitative estimate of drug-likeness (QED) is 0.183. The van der Waals surface area contributed by atoms with Crippen LogP contribution in [0.2, 0.25) is 0 Å². The van der Waals surface area contributed by atoms with Crippen molar-refractivity contribution in [3.05, 3.63) is 170 Å². The van der Waals surface area contributed by atoms with Gasteiger partial charge in [0.15, 0.2) is 5.82 Å². The maximum absolute atomic E-state index is 6.51. The van der Waals surface area contributed by atoms with Gasteiger partial charge in [-0.1, -0.05) is 146 Å². The summed E-state index contributed by atoms with van der Waals surface area (Å²) in [6.45, 7) is 0. The molecule has 0 fully saturated rings. The van der Waals surface area contributed by atoms with Crippen molar-refractivity contribution in [1.29, 1.82) is 0 Å². The van der Waals surface area contributed by atoms with Gasteiger partial charge < -0.3 is 4.42 Å². The first-order valence-electron chi connectivity index (χ1n) is 16.6. The maximum Gasteiger partial charge on any atom is 0.160 e. The predicted octanol–water partition coefficient (Wildman–Crippen LogP) is 12.5. The van der Waals surface area contributed by atoms with Crippen LogP contribution in [-0.2, 0) is 0 Å². The summed E-state index contributed by atoms with van der Waals surface area (Å²) in [6.07, 6.45) is 0. The second kappa shape index (κ2) is 11.0. The Hall–Kier alpha value is -6.58. The molecule has 3 heteroatoms. The normalized spacial score (nSPS) is 11.7. The van der Waals surface area contributed by atoms with Crippen LogP contribution in [0.5, 0.6) is 0 Å². The van der Waals surface area contributed by atoms with Crippen LogP contribution in [0.4, 0.5) is 0 Å². The summed E-state index contributed by atoms with van der Waals surface area (Å²) >= 11 is 0. The van der Waals surface area contributed by atoms with Crippen molar-refractivity contribution >= 4 is 54.3 Å². The van der Waals surface area contributed by atoms with E-state index in [9.17, 15) is 0 Å². The van der Waals surface area contributed by atoms with Crippen molar-refractivity contribution < 1.29 is 4.42 Å². The molecule has 0 amide bonds. The van der Waals surface area contributed by atoms with Crippen LogP contribution in [0.3, 0.4) is 0 Å². The molecule has 228 valence electrons. The van der Waals surface area contributed by atoms with E-state index in [4.69, 9.17) is 14.4 Å². The minimum atomic E-state index is 0.669. The van der Waals surface area contributed by atoms with Gasteiger partial charge in [0, 0.05) is 27.5 Å². The molecule has 0 N–H and O–H groups in total. The molecule has 0 unspecified atom stereocenters. The zero-order valence-corrected chi connectivity index (χ0v) is 26.5. The van der Waals surface area contributed by atoms with Crippen molar-refractivity contribution in [3.63, 3.8) is 0 Å². The van der Waals surface area contributed by atoms with E-state index in [1.807, 2.05) is 18.2 Å². The molecular weight excluding hydrogens is 597 g/mol. The molecule has 0 saturated heterocycles. The van der Waals surface area contributed by atoms with Crippen LogP contribution in [0.1, 0.15) is 0 Å². The fourth-order valence-electron chi connectivity index (χ4n) is 7.42. The lowest BCUT2D eigenvalue weighted by atomic mass is 9.93. The second-order valence-electron chi connectivity index (χ2n) is 12.5. The average Bonchev–Trinajstić information content (AvgIpc) is 3.57. The highest BCUT2D eigenvalue weighted by Crippen LogP contribution is 2.40. The lowest BCUT2D eigenvalue weighted by Gasteiger charge is -2.14. The molecule has 49 heavy (non-hydrogen) atoms. The summed E-state index contributed by atoms with van der Waals surface area (Å²) in [6, 6.07) is 59.6. The number of furan rings is 1. The molecule has 10 rings (SSSR count). The average molecular weight is 625 g/mol. The Balaban J connectivity index is 1.26. The van der Waals surface area contributed by atoms with E-state index >= 15 is 0 Å². The van der Waals surface area contributed by atoms with Crippen LogP contribution in [0, 0.1) is 0 Å². The summed E-state index contributed by atoms with van der Waals surface area (Å²) in [5.41, 5.74) is 8.58. The SMILES string of the molecule is c1ccc(-c2ccccc2-c2cc(-c3cccc4c3oc3ccccc34)nc(-c3ccc4c5ccccc5c5ccccc5c4c3)n2)cc1. The fourth-order valence-corrected chi connectivity index (χ4v) is 7.42. The molecule has 0 aliphatic heterocycles. The first kappa shape index (κ1) is 27.5. The van der Waals surface area contributed by atoms with E-state index in [1.165, 1.54) is 32.3 Å². The van der Waals surface area contributed by atoms with Gasteiger partial charge in [0.05, 0.1) is 11.4 Å². The van der Waals surface area contributed by atoms with Gasteiger partial charge in [-0.2, -0.15) is 0 Å². The van der Waals surface area contributed by atoms with E-state index in [2.05, 4.69) is 152 Å². The van der Waals surface area contributed by atoms with Gasteiger partial charge in [0.25, 0.3) is 0 Å². The molecular formula is C46H28N2O. The molecule has 2 heterocycles. The minimum absolute atomic E-state index is 0.669. The Morgan fingerprint density at radius 3 is 1.59 bits per heavy atom. The van der Waals surface area contributed by atoms with Crippen LogP contribution in [-0.4, -0.2) is 9.97 Å². The molecule has 0 spiro atoms. The van der Waals surface area contributed by atoms with Gasteiger partial charge >= 0.3 is 0 Å². The van der Waals surface area contributed by atoms with Gasteiger partial charge in [-0.3, -0.25) is 0 Å². The minimum Gasteiger partial charge on any atom is -0.455 e. The van der Waals surface area contributed by atoms with Crippen molar-refractivity contribution in [3.8, 4) is 45.0 Å². The smallest absolute Gasteiger partial charge is 0.160 e. The molecule has 8 aromatic carbocycles. The number of hydrogen-bond donors (Lipinski definition) is 0. The Morgan fingerprint density at radius 2 is 0.857 bits per heavy atom. The Labute approximate surface area is 282 Å². The van der Waals surface area contributed by atoms with E-state index in [-0.39, 0.29) is 0 Å². The lowest BCUT2D eigenvalue weighted by Crippen LogP contribution is -1.97. The molecule has 0 bridgehead atoms. The molecule has 0 atom stereocenters. The summed E-state index contributed by atoms with van der Waals surface area (Å²) in [5.74, 6) is 0.669. The number of fused-ring (bicyclic) bond motifs is 9. The summed E-state index contributed by atoms with van der Waals surface area (Å²) in [4.78, 5) is 10.6. The molecule has 0 saturated carbocycles. The molecule has 10 aromatic rings. The number of rotatable bonds is 4. The molecule has 0 aliphatic carbocycles. The molecule has 3 nitrogen and oxygen atoms in total. The summed E-state index contributed by atoms with van der Waals surface area (Å²) in [7, 11) is 0. The highest BCUT2D eigenvalue weighted by Gasteiger charge is 2.18. The van der Waals surface area contributed by atoms with Gasteiger partial charge in [0.1, 0.15) is 11.2 Å². The number of nitrogens with zero attached hydrogens (tertiary/aromatic N) is 2. The highest BCUT2D eigenvalue weighted by atomic mass is 16.3. The van der Waals surface area contributed by atoms with Gasteiger partial charge in [-0.25, -0.2) is 9.97 Å². The van der Waals surface area contributed by atoms with E-state index in [0.29, 0.717) is 5.82 Å². The van der Waals surface area contributed by atoms with Crippen LogP contribution < -0.4 is 0 Å². The standard InChI is InChI=1S/C46H28N2O/c1-2-13-29(14-3-1)31-15-4-9-20-37(31)42-28-43(40-23-12-22-39-38-21-10-11-24-44(38)49-45(39)40)48-46(47-42)30-25-26-36-34-18-6-5-16-32(34)33-17-7-8-19-35(33)41(36)27-30/h1-28H. The topological polar surface area (TPSA) is 38.9 Å². The van der Waals surface area contributed by atoms with E-state index in [1.54, 1.807) is 0 Å². The third-order valence-corrected chi connectivity index (χ3v) is 9.70. The fraction of sp³-hybridized carbons (Fsp3) is 0. The largest absolute Gasteiger partial charge is 0.455 e. The van der Waals surface area contributed by atoms with Gasteiger partial charge in [-0.15, -0.1) is 0 Å². The van der Waals surface area contributed by atoms with E-state index < -0.39 is 0 Å². The predicted molar refractivity (Wildman–Crippen MR) is 204 cm³/mol. The molecule has 2 aromatic heterocycles. The zero-order chi connectivity index (χ0) is 32.3. The number of hydrogen-bond acceptors (Lipinski definition) is 3. The van der Waals surface area contributed by atoms with Crippen LogP contribution in [0.25, 0.3) is 99.3 Å². The van der Waals surface area contributed by atoms with Gasteiger partial charge in [0.2, 0.25) is 0 Å². The number of benzene rings is 8. The molecule has 0 aliphatic rings. The van der Waals surface area contributed by atoms with Crippen molar-refractivity contribution in [2.24, 2.45) is 0 Å². The first-order chi connectivity index (χ1) is 24.3. The third-order valence-electron chi connectivity index (χ3n) is 9.70. The molecule has 0 radical (unpaired) electrons. The second-order valence-corrected chi connectivity index (χ2v) is 12.5. The van der Waals surface area contributed by atoms with Crippen molar-refractivity contribution in [2.75, 3.05) is 0 Å². The monoisotopic (exact) mass is 624 g/mol. The Bertz CT molecular complexity index is 2850. The number of aromatic nitrogens is 2. The highest BCUT2D eigenvalue weighted by molar-refractivity contribution is 6.25. The first-order valence-corrected chi connectivity index (χ1v) is 16.6. The summed E-state index contributed by atoms with van der Waals surface area (Å²) < 4.78 is 6.51. The van der Waals surface area contributed by atoms with Crippen LogP contribution >= 0.6 is 0 Å². The van der Waals surface area contributed by atoms with E-state index in [0.717, 1.165) is 61.1 Å². The number of para-hydroxylation sites is 2. The van der Waals surface area contributed by atoms with Crippen LogP contribution in [0.15, 0.2) is 174 Å². The maximum atomic E-state index is 6.51. The van der Waals surface area contributed by atoms with Crippen molar-refractivity contribution in [2.45, 2.75) is 0 Å². The lowest BCUT2D eigenvalue weighted by molar-refractivity contribution is 0.670. The Kier molecular flexibility index (Phi) is 6.18. The summed E-state index contributed by atoms with van der Waals surface area (Å²) in [5, 5.41) is 9.53. The van der Waals surface area contributed by atoms with Gasteiger partial charge in [-0.05, 0) is 67.7 Å². The Morgan fingerprint density at radius 1 is 0.327 bits per heavy atom.